The molecule has 0 bridgehead atoms. The van der Waals surface area contributed by atoms with Gasteiger partial charge in [-0.25, -0.2) is 24.7 Å². The zero-order valence-corrected chi connectivity index (χ0v) is 33.9. The molecule has 10 nitrogen and oxygen atoms in total. The van der Waals surface area contributed by atoms with Crippen molar-refractivity contribution in [2.75, 3.05) is 36.0 Å². The van der Waals surface area contributed by atoms with E-state index in [-0.39, 0.29) is 18.2 Å². The molecule has 10 heteroatoms. The summed E-state index contributed by atoms with van der Waals surface area (Å²) in [6.07, 6.45) is 7.53. The second-order valence-corrected chi connectivity index (χ2v) is 16.6. The first kappa shape index (κ1) is 39.6. The number of alkyl carbamates (subject to hydrolysis) is 1. The SMILES string of the molecule is CC(N)C1CCN(c2nccc(-c3ccc4ccccc4c3)n2)CC1.CC(NC(=O)OC(C)(C)C)C1CCN(c2nccc(-c3ccc4ccccc4c3)n2)CC1. The minimum absolute atomic E-state index is 0.0665. The average Bonchev–Trinajstić information content (AvgIpc) is 3.23. The van der Waals surface area contributed by atoms with E-state index in [0.29, 0.717) is 11.8 Å². The van der Waals surface area contributed by atoms with Crippen LogP contribution in [0.2, 0.25) is 0 Å². The van der Waals surface area contributed by atoms with E-state index in [0.717, 1.165) is 86.3 Å². The molecule has 0 aliphatic carbocycles. The van der Waals surface area contributed by atoms with E-state index in [1.807, 2.05) is 45.3 Å². The number of fused-ring (bicyclic) bond motifs is 2. The minimum Gasteiger partial charge on any atom is -0.444 e. The zero-order chi connectivity index (χ0) is 39.9. The zero-order valence-electron chi connectivity index (χ0n) is 33.9. The highest BCUT2D eigenvalue weighted by atomic mass is 16.6. The van der Waals surface area contributed by atoms with Crippen LogP contribution in [0.5, 0.6) is 0 Å². The molecule has 0 saturated carbocycles. The van der Waals surface area contributed by atoms with Crippen molar-refractivity contribution in [3.8, 4) is 22.5 Å². The number of nitrogens with two attached hydrogens (primary N) is 1. The van der Waals surface area contributed by atoms with Gasteiger partial charge in [0.1, 0.15) is 5.60 Å². The maximum Gasteiger partial charge on any atom is 0.407 e. The number of aromatic nitrogens is 4. The van der Waals surface area contributed by atoms with Gasteiger partial charge < -0.3 is 25.6 Å². The van der Waals surface area contributed by atoms with Crippen molar-refractivity contribution in [3.05, 3.63) is 109 Å². The number of carbonyl (C=O) groups is 1. The predicted molar refractivity (Wildman–Crippen MR) is 232 cm³/mol. The number of hydrogen-bond donors (Lipinski definition) is 2. The van der Waals surface area contributed by atoms with Crippen LogP contribution in [0.15, 0.2) is 109 Å². The second kappa shape index (κ2) is 17.7. The van der Waals surface area contributed by atoms with Gasteiger partial charge in [-0.1, -0.05) is 72.8 Å². The highest BCUT2D eigenvalue weighted by Crippen LogP contribution is 2.29. The lowest BCUT2D eigenvalue weighted by Crippen LogP contribution is -2.45. The third kappa shape index (κ3) is 10.2. The average molecular weight is 765 g/mol. The van der Waals surface area contributed by atoms with Gasteiger partial charge in [0.25, 0.3) is 0 Å². The first-order valence-electron chi connectivity index (χ1n) is 20.4. The number of benzene rings is 4. The molecule has 0 spiro atoms. The molecule has 0 radical (unpaired) electrons. The van der Waals surface area contributed by atoms with Crippen LogP contribution in [-0.2, 0) is 4.74 Å². The molecule has 296 valence electrons. The summed E-state index contributed by atoms with van der Waals surface area (Å²) in [5.74, 6) is 2.61. The number of carbonyl (C=O) groups excluding carboxylic acids is 1. The Balaban J connectivity index is 0.000000179. The third-order valence-electron chi connectivity index (χ3n) is 11.2. The Kier molecular flexibility index (Phi) is 12.3. The van der Waals surface area contributed by atoms with Crippen molar-refractivity contribution in [2.24, 2.45) is 17.6 Å². The van der Waals surface area contributed by atoms with Gasteiger partial charge in [-0.2, -0.15) is 0 Å². The van der Waals surface area contributed by atoms with Crippen molar-refractivity contribution in [1.82, 2.24) is 25.3 Å². The van der Waals surface area contributed by atoms with Crippen LogP contribution < -0.4 is 20.9 Å². The number of nitrogens with zero attached hydrogens (tertiary/aromatic N) is 6. The summed E-state index contributed by atoms with van der Waals surface area (Å²) < 4.78 is 5.39. The molecule has 2 aliphatic rings. The largest absolute Gasteiger partial charge is 0.444 e. The van der Waals surface area contributed by atoms with E-state index in [1.54, 1.807) is 0 Å². The van der Waals surface area contributed by atoms with E-state index in [2.05, 4.69) is 124 Å². The third-order valence-corrected chi connectivity index (χ3v) is 11.2. The van der Waals surface area contributed by atoms with Crippen LogP contribution in [0.3, 0.4) is 0 Å². The van der Waals surface area contributed by atoms with Crippen LogP contribution in [0.1, 0.15) is 60.3 Å². The molecule has 2 unspecified atom stereocenters. The van der Waals surface area contributed by atoms with E-state index < -0.39 is 5.60 Å². The molecule has 6 aromatic rings. The quantitative estimate of drug-likeness (QED) is 0.164. The summed E-state index contributed by atoms with van der Waals surface area (Å²) in [5.41, 5.74) is 9.70. The Morgan fingerprint density at radius 1 is 0.667 bits per heavy atom. The smallest absolute Gasteiger partial charge is 0.407 e. The molecule has 2 aromatic heterocycles. The van der Waals surface area contributed by atoms with Gasteiger partial charge in [0.15, 0.2) is 0 Å². The lowest BCUT2D eigenvalue weighted by Gasteiger charge is -2.35. The van der Waals surface area contributed by atoms with Crippen molar-refractivity contribution in [1.29, 1.82) is 0 Å². The molecule has 1 amide bonds. The lowest BCUT2D eigenvalue weighted by atomic mass is 9.90. The van der Waals surface area contributed by atoms with Crippen molar-refractivity contribution >= 4 is 39.5 Å². The number of rotatable bonds is 7. The van der Waals surface area contributed by atoms with Gasteiger partial charge in [0.2, 0.25) is 11.9 Å². The standard InChI is InChI=1S/C26H32N4O2.C21H24N4/c1-18(28-25(31)32-26(2,3)4)19-12-15-30(16-13-19)24-27-14-11-23(29-24)22-10-9-20-7-5-6-8-21(20)17-22;1-15(22)16-9-12-25(13-10-16)21-23-11-8-20(24-21)19-7-6-17-4-2-3-5-18(17)14-19/h5-11,14,17-19H,12-13,15-16H2,1-4H3,(H,28,31);2-8,11,14-16H,9-10,12-13,22H2,1H3. The van der Waals surface area contributed by atoms with E-state index in [1.165, 1.54) is 21.5 Å². The molecule has 2 fully saturated rings. The Morgan fingerprint density at radius 2 is 1.11 bits per heavy atom. The van der Waals surface area contributed by atoms with Crippen molar-refractivity contribution in [3.63, 3.8) is 0 Å². The Bertz CT molecular complexity index is 2270. The maximum atomic E-state index is 12.1. The molecule has 2 saturated heterocycles. The van der Waals surface area contributed by atoms with Crippen molar-refractivity contribution in [2.45, 2.75) is 78.0 Å². The molecule has 2 atom stereocenters. The van der Waals surface area contributed by atoms with Gasteiger partial charge in [-0.3, -0.25) is 0 Å². The first-order chi connectivity index (χ1) is 27.5. The molecule has 4 aromatic carbocycles. The van der Waals surface area contributed by atoms with Gasteiger partial charge in [-0.15, -0.1) is 0 Å². The number of hydrogen-bond acceptors (Lipinski definition) is 9. The Hall–Kier alpha value is -5.61. The number of piperidine rings is 2. The molecule has 4 heterocycles. The number of ether oxygens (including phenoxy) is 1. The van der Waals surface area contributed by atoms with Crippen molar-refractivity contribution < 1.29 is 9.53 Å². The Morgan fingerprint density at radius 3 is 1.54 bits per heavy atom. The normalized spacial score (nSPS) is 16.5. The highest BCUT2D eigenvalue weighted by Gasteiger charge is 2.28. The van der Waals surface area contributed by atoms with Crippen LogP contribution in [0, 0.1) is 11.8 Å². The summed E-state index contributed by atoms with van der Waals surface area (Å²) in [6, 6.07) is 34.0. The van der Waals surface area contributed by atoms with Gasteiger partial charge in [-0.05, 0) is 118 Å². The molecular formula is C47H56N8O2. The number of anilines is 2. The van der Waals surface area contributed by atoms with Gasteiger partial charge >= 0.3 is 6.09 Å². The van der Waals surface area contributed by atoms with Crippen LogP contribution in [0.25, 0.3) is 44.1 Å². The Labute approximate surface area is 336 Å². The summed E-state index contributed by atoms with van der Waals surface area (Å²) in [6.45, 7) is 13.5. The van der Waals surface area contributed by atoms with E-state index >= 15 is 0 Å². The summed E-state index contributed by atoms with van der Waals surface area (Å²) in [7, 11) is 0. The first-order valence-corrected chi connectivity index (χ1v) is 20.4. The van der Waals surface area contributed by atoms with E-state index in [9.17, 15) is 4.79 Å². The fourth-order valence-corrected chi connectivity index (χ4v) is 7.86. The fourth-order valence-electron chi connectivity index (χ4n) is 7.86. The summed E-state index contributed by atoms with van der Waals surface area (Å²) in [4.78, 5) is 35.3. The predicted octanol–water partition coefficient (Wildman–Crippen LogP) is 9.29. The molecular weight excluding hydrogens is 709 g/mol. The molecule has 2 aliphatic heterocycles. The van der Waals surface area contributed by atoms with Crippen LogP contribution >= 0.6 is 0 Å². The van der Waals surface area contributed by atoms with Gasteiger partial charge in [0, 0.05) is 61.8 Å². The lowest BCUT2D eigenvalue weighted by molar-refractivity contribution is 0.0487. The maximum absolute atomic E-state index is 12.1. The van der Waals surface area contributed by atoms with Crippen LogP contribution in [-0.4, -0.2) is 69.9 Å². The highest BCUT2D eigenvalue weighted by molar-refractivity contribution is 5.87. The minimum atomic E-state index is -0.486. The second-order valence-electron chi connectivity index (χ2n) is 16.6. The molecule has 57 heavy (non-hydrogen) atoms. The summed E-state index contributed by atoms with van der Waals surface area (Å²) >= 11 is 0. The monoisotopic (exact) mass is 764 g/mol. The summed E-state index contributed by atoms with van der Waals surface area (Å²) in [5, 5.41) is 7.91. The number of nitrogens with one attached hydrogen (secondary N) is 1. The fraction of sp³-hybridized carbons (Fsp3) is 0.383. The van der Waals surface area contributed by atoms with Crippen LogP contribution in [0.4, 0.5) is 16.7 Å². The van der Waals surface area contributed by atoms with Gasteiger partial charge in [0.05, 0.1) is 11.4 Å². The topological polar surface area (TPSA) is 122 Å². The van der Waals surface area contributed by atoms with E-state index in [4.69, 9.17) is 20.4 Å². The molecule has 3 N–H and O–H groups in total. The number of amides is 1. The molecule has 8 rings (SSSR count).